The van der Waals surface area contributed by atoms with Crippen molar-refractivity contribution < 1.29 is 14.6 Å². The van der Waals surface area contributed by atoms with Crippen molar-refractivity contribution in [1.82, 2.24) is 4.90 Å². The zero-order chi connectivity index (χ0) is 12.8. The van der Waals surface area contributed by atoms with Crippen LogP contribution in [0.4, 0.5) is 0 Å². The Balaban J connectivity index is 4.83. The first-order chi connectivity index (χ1) is 7.41. The fourth-order valence-corrected chi connectivity index (χ4v) is 1.96. The summed E-state index contributed by atoms with van der Waals surface area (Å²) in [6.45, 7) is 8.90. The van der Waals surface area contributed by atoms with Crippen molar-refractivity contribution in [3.8, 4) is 0 Å². The number of hydrogen-bond acceptors (Lipinski definition) is 3. The van der Waals surface area contributed by atoms with Crippen molar-refractivity contribution in [2.45, 2.75) is 52.1 Å². The van der Waals surface area contributed by atoms with E-state index in [1.807, 2.05) is 4.90 Å². The van der Waals surface area contributed by atoms with Gasteiger partial charge in [-0.1, -0.05) is 13.8 Å². The highest BCUT2D eigenvalue weighted by atomic mass is 16.5. The molecule has 0 amide bonds. The number of hydrogen-bond donors (Lipinski definition) is 1. The third kappa shape index (κ3) is 3.76. The van der Waals surface area contributed by atoms with Crippen molar-refractivity contribution in [3.05, 3.63) is 0 Å². The van der Waals surface area contributed by atoms with Gasteiger partial charge in [-0.15, -0.1) is 0 Å². The molecule has 0 aliphatic carbocycles. The van der Waals surface area contributed by atoms with Crippen molar-refractivity contribution in [2.75, 3.05) is 20.3 Å². The highest BCUT2D eigenvalue weighted by Gasteiger charge is 2.37. The summed E-state index contributed by atoms with van der Waals surface area (Å²) in [5.74, 6) is -0.782. The van der Waals surface area contributed by atoms with Crippen LogP contribution in [0.25, 0.3) is 0 Å². The van der Waals surface area contributed by atoms with Crippen molar-refractivity contribution in [1.29, 1.82) is 0 Å². The molecule has 0 aromatic carbocycles. The maximum atomic E-state index is 11.3. The average molecular weight is 231 g/mol. The molecule has 4 heteroatoms. The van der Waals surface area contributed by atoms with Gasteiger partial charge in [-0.2, -0.15) is 0 Å². The molecule has 0 saturated heterocycles. The first kappa shape index (κ1) is 15.4. The Kier molecular flexibility index (Phi) is 6.60. The van der Waals surface area contributed by atoms with Crippen LogP contribution in [-0.4, -0.2) is 47.8 Å². The van der Waals surface area contributed by atoms with E-state index in [0.29, 0.717) is 19.2 Å². The average Bonchev–Trinajstić information content (AvgIpc) is 2.23. The third-order valence-corrected chi connectivity index (χ3v) is 3.16. The largest absolute Gasteiger partial charge is 0.480 e. The van der Waals surface area contributed by atoms with E-state index in [1.54, 1.807) is 21.0 Å². The SMILES string of the molecule is CCC(CC)N(CCOC)C(C)(C)C(=O)O. The minimum absolute atomic E-state index is 0.293. The van der Waals surface area contributed by atoms with Gasteiger partial charge in [0.1, 0.15) is 5.54 Å². The quantitative estimate of drug-likeness (QED) is 0.694. The molecule has 0 unspecified atom stereocenters. The Hall–Kier alpha value is -0.610. The molecule has 0 atom stereocenters. The highest BCUT2D eigenvalue weighted by Crippen LogP contribution is 2.21. The second-order valence-electron chi connectivity index (χ2n) is 4.52. The molecule has 1 N–H and O–H groups in total. The van der Waals surface area contributed by atoms with Gasteiger partial charge in [0, 0.05) is 19.7 Å². The summed E-state index contributed by atoms with van der Waals surface area (Å²) in [5, 5.41) is 9.27. The zero-order valence-electron chi connectivity index (χ0n) is 11.1. The van der Waals surface area contributed by atoms with E-state index in [1.165, 1.54) is 0 Å². The fraction of sp³-hybridized carbons (Fsp3) is 0.917. The van der Waals surface area contributed by atoms with Crippen LogP contribution < -0.4 is 0 Å². The summed E-state index contributed by atoms with van der Waals surface area (Å²) in [7, 11) is 1.64. The second-order valence-corrected chi connectivity index (χ2v) is 4.52. The Morgan fingerprint density at radius 2 is 1.88 bits per heavy atom. The number of carbonyl (C=O) groups is 1. The number of carboxylic acids is 1. The molecule has 96 valence electrons. The molecule has 0 aromatic heterocycles. The van der Waals surface area contributed by atoms with Gasteiger partial charge in [-0.05, 0) is 26.7 Å². The van der Waals surface area contributed by atoms with Crippen molar-refractivity contribution in [3.63, 3.8) is 0 Å². The number of rotatable bonds is 8. The summed E-state index contributed by atoms with van der Waals surface area (Å²) in [4.78, 5) is 13.3. The number of nitrogens with zero attached hydrogens (tertiary/aromatic N) is 1. The van der Waals surface area contributed by atoms with Crippen LogP contribution in [0.15, 0.2) is 0 Å². The standard InChI is InChI=1S/C12H25NO3/c1-6-10(7-2)13(8-9-16-5)12(3,4)11(14)15/h10H,6-9H2,1-5H3,(H,14,15). The number of carboxylic acid groups (broad SMARTS) is 1. The summed E-state index contributed by atoms with van der Waals surface area (Å²) >= 11 is 0. The third-order valence-electron chi connectivity index (χ3n) is 3.16. The molecule has 0 spiro atoms. The lowest BCUT2D eigenvalue weighted by atomic mass is 9.98. The Morgan fingerprint density at radius 3 is 2.19 bits per heavy atom. The van der Waals surface area contributed by atoms with Crippen LogP contribution in [0.2, 0.25) is 0 Å². The van der Waals surface area contributed by atoms with Crippen LogP contribution in [0, 0.1) is 0 Å². The van der Waals surface area contributed by atoms with Crippen molar-refractivity contribution >= 4 is 5.97 Å². The van der Waals surface area contributed by atoms with Crippen LogP contribution in [0.1, 0.15) is 40.5 Å². The lowest BCUT2D eigenvalue weighted by Crippen LogP contribution is -2.55. The molecular formula is C12H25NO3. The van der Waals surface area contributed by atoms with E-state index in [0.717, 1.165) is 12.8 Å². The van der Waals surface area contributed by atoms with E-state index in [9.17, 15) is 9.90 Å². The molecule has 0 aliphatic heterocycles. The molecule has 4 nitrogen and oxygen atoms in total. The maximum Gasteiger partial charge on any atom is 0.323 e. The van der Waals surface area contributed by atoms with E-state index in [2.05, 4.69) is 13.8 Å². The Morgan fingerprint density at radius 1 is 1.38 bits per heavy atom. The van der Waals surface area contributed by atoms with E-state index < -0.39 is 11.5 Å². The molecule has 0 aliphatic rings. The van der Waals surface area contributed by atoms with Gasteiger partial charge in [-0.25, -0.2) is 0 Å². The molecule has 0 rings (SSSR count). The van der Waals surface area contributed by atoms with Crippen molar-refractivity contribution in [2.24, 2.45) is 0 Å². The monoisotopic (exact) mass is 231 g/mol. The molecule has 0 radical (unpaired) electrons. The van der Waals surface area contributed by atoms with E-state index >= 15 is 0 Å². The Bertz CT molecular complexity index is 212. The van der Waals surface area contributed by atoms with Crippen LogP contribution in [0.3, 0.4) is 0 Å². The van der Waals surface area contributed by atoms with Gasteiger partial charge in [0.2, 0.25) is 0 Å². The lowest BCUT2D eigenvalue weighted by Gasteiger charge is -2.40. The van der Waals surface area contributed by atoms with Crippen LogP contribution in [-0.2, 0) is 9.53 Å². The van der Waals surface area contributed by atoms with Gasteiger partial charge in [0.25, 0.3) is 0 Å². The molecule has 16 heavy (non-hydrogen) atoms. The normalized spacial score (nSPS) is 12.4. The molecule has 0 aromatic rings. The predicted octanol–water partition coefficient (Wildman–Crippen LogP) is 1.99. The summed E-state index contributed by atoms with van der Waals surface area (Å²) < 4.78 is 5.05. The first-order valence-electron chi connectivity index (χ1n) is 5.90. The first-order valence-corrected chi connectivity index (χ1v) is 5.90. The minimum Gasteiger partial charge on any atom is -0.480 e. The number of methoxy groups -OCH3 is 1. The summed E-state index contributed by atoms with van der Waals surface area (Å²) in [5.41, 5.74) is -0.838. The molecule has 0 heterocycles. The van der Waals surface area contributed by atoms with Crippen LogP contribution in [0.5, 0.6) is 0 Å². The van der Waals surface area contributed by atoms with Gasteiger partial charge < -0.3 is 9.84 Å². The second kappa shape index (κ2) is 6.86. The van der Waals surface area contributed by atoms with E-state index in [-0.39, 0.29) is 0 Å². The molecule has 0 bridgehead atoms. The number of ether oxygens (including phenoxy) is 1. The fourth-order valence-electron chi connectivity index (χ4n) is 1.96. The predicted molar refractivity (Wildman–Crippen MR) is 64.7 cm³/mol. The van der Waals surface area contributed by atoms with Gasteiger partial charge >= 0.3 is 5.97 Å². The topological polar surface area (TPSA) is 49.8 Å². The number of aliphatic carboxylic acids is 1. The Labute approximate surface area is 98.6 Å². The highest BCUT2D eigenvalue weighted by molar-refractivity contribution is 5.77. The molecular weight excluding hydrogens is 206 g/mol. The van der Waals surface area contributed by atoms with Gasteiger partial charge in [0.05, 0.1) is 6.61 Å². The molecule has 0 saturated carbocycles. The van der Waals surface area contributed by atoms with Gasteiger partial charge in [-0.3, -0.25) is 9.69 Å². The molecule has 0 fully saturated rings. The minimum atomic E-state index is -0.838. The lowest BCUT2D eigenvalue weighted by molar-refractivity contribution is -0.151. The van der Waals surface area contributed by atoms with Gasteiger partial charge in [0.15, 0.2) is 0 Å². The summed E-state index contributed by atoms with van der Waals surface area (Å²) in [6, 6.07) is 0.293. The summed E-state index contributed by atoms with van der Waals surface area (Å²) in [6.07, 6.45) is 1.91. The van der Waals surface area contributed by atoms with E-state index in [4.69, 9.17) is 4.74 Å². The van der Waals surface area contributed by atoms with Crippen LogP contribution >= 0.6 is 0 Å². The maximum absolute atomic E-state index is 11.3. The zero-order valence-corrected chi connectivity index (χ0v) is 11.1. The smallest absolute Gasteiger partial charge is 0.323 e.